The Morgan fingerprint density at radius 2 is 2.24 bits per heavy atom. The summed E-state index contributed by atoms with van der Waals surface area (Å²) in [4.78, 5) is 21.4. The molecular formula is C15H16N4O2. The summed E-state index contributed by atoms with van der Waals surface area (Å²) < 4.78 is 4.79. The second kappa shape index (κ2) is 5.44. The Bertz CT molecular complexity index is 708. The molecule has 3 rings (SSSR count). The average molecular weight is 284 g/mol. The van der Waals surface area contributed by atoms with Crippen molar-refractivity contribution in [1.29, 1.82) is 5.26 Å². The lowest BCUT2D eigenvalue weighted by atomic mass is 9.97. The Morgan fingerprint density at radius 3 is 2.90 bits per heavy atom. The maximum Gasteiger partial charge on any atom is 0.308 e. The van der Waals surface area contributed by atoms with E-state index in [2.05, 4.69) is 20.9 Å². The summed E-state index contributed by atoms with van der Waals surface area (Å²) in [5.74, 6) is 0.655. The second-order valence-corrected chi connectivity index (χ2v) is 5.19. The van der Waals surface area contributed by atoms with Crippen LogP contribution in [0, 0.1) is 17.2 Å². The van der Waals surface area contributed by atoms with Crippen molar-refractivity contribution in [3.05, 3.63) is 23.8 Å². The van der Waals surface area contributed by atoms with E-state index in [0.29, 0.717) is 5.56 Å². The number of nitriles is 1. The molecular weight excluding hydrogens is 268 g/mol. The third kappa shape index (κ3) is 2.55. The number of hydrogen-bond donors (Lipinski definition) is 1. The monoisotopic (exact) mass is 284 g/mol. The zero-order valence-electron chi connectivity index (χ0n) is 11.8. The number of methoxy groups -OCH3 is 1. The maximum atomic E-state index is 11.5. The lowest BCUT2D eigenvalue weighted by Gasteiger charge is -2.30. The summed E-state index contributed by atoms with van der Waals surface area (Å²) >= 11 is 0. The predicted molar refractivity (Wildman–Crippen MR) is 77.8 cm³/mol. The van der Waals surface area contributed by atoms with Gasteiger partial charge in [-0.2, -0.15) is 5.26 Å². The van der Waals surface area contributed by atoms with E-state index < -0.39 is 0 Å². The first-order chi connectivity index (χ1) is 10.2. The number of rotatable bonds is 2. The number of aromatic amines is 1. The van der Waals surface area contributed by atoms with Gasteiger partial charge >= 0.3 is 5.97 Å². The molecule has 1 saturated heterocycles. The lowest BCUT2D eigenvalue weighted by Crippen LogP contribution is -2.37. The first-order valence-corrected chi connectivity index (χ1v) is 6.94. The number of carbonyl (C=O) groups is 1. The number of H-pyrrole nitrogens is 1. The van der Waals surface area contributed by atoms with E-state index in [9.17, 15) is 4.79 Å². The van der Waals surface area contributed by atoms with E-state index in [1.165, 1.54) is 7.11 Å². The molecule has 2 heterocycles. The van der Waals surface area contributed by atoms with Gasteiger partial charge in [0.05, 0.1) is 35.7 Å². The van der Waals surface area contributed by atoms with Crippen molar-refractivity contribution in [3.63, 3.8) is 0 Å². The van der Waals surface area contributed by atoms with Gasteiger partial charge in [0.15, 0.2) is 0 Å². The van der Waals surface area contributed by atoms with Gasteiger partial charge in [0, 0.05) is 13.1 Å². The number of nitrogens with one attached hydrogen (secondary N) is 1. The normalized spacial score (nSPS) is 15.9. The molecule has 1 aromatic carbocycles. The smallest absolute Gasteiger partial charge is 0.308 e. The van der Waals surface area contributed by atoms with Gasteiger partial charge in [-0.1, -0.05) is 0 Å². The van der Waals surface area contributed by atoms with Crippen LogP contribution in [0.25, 0.3) is 11.0 Å². The van der Waals surface area contributed by atoms with Crippen LogP contribution in [0.4, 0.5) is 5.95 Å². The highest BCUT2D eigenvalue weighted by Crippen LogP contribution is 2.24. The minimum atomic E-state index is -0.127. The fourth-order valence-electron chi connectivity index (χ4n) is 2.71. The molecule has 6 nitrogen and oxygen atoms in total. The standard InChI is InChI=1S/C15H16N4O2/c1-21-14(20)11-4-6-19(7-5-11)15-17-12-3-2-10(9-16)8-13(12)18-15/h2-3,8,11H,4-7H2,1H3,(H,17,18). The van der Waals surface area contributed by atoms with Gasteiger partial charge in [-0.05, 0) is 31.0 Å². The maximum absolute atomic E-state index is 11.5. The third-order valence-electron chi connectivity index (χ3n) is 3.93. The summed E-state index contributed by atoms with van der Waals surface area (Å²) in [6.07, 6.45) is 1.54. The Kier molecular flexibility index (Phi) is 3.48. The van der Waals surface area contributed by atoms with E-state index in [0.717, 1.165) is 42.9 Å². The van der Waals surface area contributed by atoms with Crippen molar-refractivity contribution in [2.45, 2.75) is 12.8 Å². The largest absolute Gasteiger partial charge is 0.469 e. The highest BCUT2D eigenvalue weighted by atomic mass is 16.5. The van der Waals surface area contributed by atoms with Gasteiger partial charge in [0.25, 0.3) is 0 Å². The molecule has 1 fully saturated rings. The molecule has 0 atom stereocenters. The number of carbonyl (C=O) groups excluding carboxylic acids is 1. The molecule has 1 aromatic heterocycles. The van der Waals surface area contributed by atoms with E-state index in [4.69, 9.17) is 10.00 Å². The number of anilines is 1. The molecule has 1 aliphatic rings. The second-order valence-electron chi connectivity index (χ2n) is 5.19. The number of esters is 1. The molecule has 0 amide bonds. The van der Waals surface area contributed by atoms with Crippen LogP contribution in [0.3, 0.4) is 0 Å². The van der Waals surface area contributed by atoms with Gasteiger partial charge in [0.1, 0.15) is 0 Å². The van der Waals surface area contributed by atoms with Crippen molar-refractivity contribution in [2.75, 3.05) is 25.1 Å². The predicted octanol–water partition coefficient (Wildman–Crippen LogP) is 1.82. The number of nitrogens with zero attached hydrogens (tertiary/aromatic N) is 3. The molecule has 2 aromatic rings. The number of hydrogen-bond acceptors (Lipinski definition) is 5. The van der Waals surface area contributed by atoms with Crippen molar-refractivity contribution >= 4 is 23.0 Å². The van der Waals surface area contributed by atoms with Crippen LogP contribution in [0.15, 0.2) is 18.2 Å². The fourth-order valence-corrected chi connectivity index (χ4v) is 2.71. The van der Waals surface area contributed by atoms with E-state index in [1.54, 1.807) is 12.1 Å². The minimum Gasteiger partial charge on any atom is -0.469 e. The number of piperidine rings is 1. The van der Waals surface area contributed by atoms with Crippen LogP contribution in [0.2, 0.25) is 0 Å². The number of fused-ring (bicyclic) bond motifs is 1. The zero-order chi connectivity index (χ0) is 14.8. The number of imidazole rings is 1. The van der Waals surface area contributed by atoms with Gasteiger partial charge < -0.3 is 14.6 Å². The van der Waals surface area contributed by atoms with Gasteiger partial charge in [-0.15, -0.1) is 0 Å². The molecule has 1 aliphatic heterocycles. The van der Waals surface area contributed by atoms with E-state index in [1.807, 2.05) is 6.07 Å². The summed E-state index contributed by atoms with van der Waals surface area (Å²) in [5.41, 5.74) is 2.32. The molecule has 0 spiro atoms. The Hall–Kier alpha value is -2.55. The van der Waals surface area contributed by atoms with Crippen LogP contribution in [0.5, 0.6) is 0 Å². The molecule has 0 aliphatic carbocycles. The SMILES string of the molecule is COC(=O)C1CCN(c2nc3ccc(C#N)cc3[nH]2)CC1. The minimum absolute atomic E-state index is 0.0131. The summed E-state index contributed by atoms with van der Waals surface area (Å²) in [5, 5.41) is 8.92. The molecule has 21 heavy (non-hydrogen) atoms. The molecule has 108 valence electrons. The first kappa shape index (κ1) is 13.4. The van der Waals surface area contributed by atoms with Crippen LogP contribution >= 0.6 is 0 Å². The zero-order valence-corrected chi connectivity index (χ0v) is 11.8. The molecule has 0 saturated carbocycles. The quantitative estimate of drug-likeness (QED) is 0.851. The Balaban J connectivity index is 1.76. The molecule has 1 N–H and O–H groups in total. The van der Waals surface area contributed by atoms with Gasteiger partial charge in [-0.3, -0.25) is 4.79 Å². The van der Waals surface area contributed by atoms with Crippen molar-refractivity contribution < 1.29 is 9.53 Å². The van der Waals surface area contributed by atoms with Crippen molar-refractivity contribution in [1.82, 2.24) is 9.97 Å². The highest BCUT2D eigenvalue weighted by Gasteiger charge is 2.26. The molecule has 6 heteroatoms. The van der Waals surface area contributed by atoms with E-state index >= 15 is 0 Å². The molecule has 0 bridgehead atoms. The first-order valence-electron chi connectivity index (χ1n) is 6.94. The average Bonchev–Trinajstić information content (AvgIpc) is 2.97. The van der Waals surface area contributed by atoms with Crippen LogP contribution in [-0.2, 0) is 9.53 Å². The molecule has 0 radical (unpaired) electrons. The number of aromatic nitrogens is 2. The van der Waals surface area contributed by atoms with E-state index in [-0.39, 0.29) is 11.9 Å². The topological polar surface area (TPSA) is 82.0 Å². The molecule has 0 unspecified atom stereocenters. The van der Waals surface area contributed by atoms with Crippen LogP contribution < -0.4 is 4.90 Å². The highest BCUT2D eigenvalue weighted by molar-refractivity contribution is 5.79. The number of benzene rings is 1. The van der Waals surface area contributed by atoms with Crippen LogP contribution in [0.1, 0.15) is 18.4 Å². The van der Waals surface area contributed by atoms with Crippen LogP contribution in [-0.4, -0.2) is 36.1 Å². The fraction of sp³-hybridized carbons (Fsp3) is 0.400. The van der Waals surface area contributed by atoms with Gasteiger partial charge in [-0.25, -0.2) is 4.98 Å². The third-order valence-corrected chi connectivity index (χ3v) is 3.93. The number of ether oxygens (including phenoxy) is 1. The lowest BCUT2D eigenvalue weighted by molar-refractivity contribution is -0.146. The summed E-state index contributed by atoms with van der Waals surface area (Å²) in [7, 11) is 1.43. The summed E-state index contributed by atoms with van der Waals surface area (Å²) in [6.45, 7) is 1.54. The van der Waals surface area contributed by atoms with Crippen molar-refractivity contribution in [3.8, 4) is 6.07 Å². The van der Waals surface area contributed by atoms with Crippen molar-refractivity contribution in [2.24, 2.45) is 5.92 Å². The summed E-state index contributed by atoms with van der Waals surface area (Å²) in [6, 6.07) is 7.52. The Morgan fingerprint density at radius 1 is 1.48 bits per heavy atom. The Labute approximate surface area is 122 Å². The van der Waals surface area contributed by atoms with Gasteiger partial charge in [0.2, 0.25) is 5.95 Å².